The SMILES string of the molecule is CCC(CS)Cn1cnc2c1CCCC2. The maximum Gasteiger partial charge on any atom is 0.0951 e. The fourth-order valence-electron chi connectivity index (χ4n) is 2.28. The topological polar surface area (TPSA) is 17.8 Å². The maximum atomic E-state index is 4.52. The summed E-state index contributed by atoms with van der Waals surface area (Å²) in [6, 6.07) is 0. The minimum Gasteiger partial charge on any atom is -0.334 e. The van der Waals surface area contributed by atoms with Gasteiger partial charge in [-0.3, -0.25) is 0 Å². The molecule has 1 aliphatic carbocycles. The Kier molecular flexibility index (Phi) is 3.73. The van der Waals surface area contributed by atoms with Gasteiger partial charge in [0.25, 0.3) is 0 Å². The van der Waals surface area contributed by atoms with Gasteiger partial charge in [0.1, 0.15) is 0 Å². The molecule has 0 aromatic carbocycles. The molecule has 2 rings (SSSR count). The molecule has 1 aromatic rings. The highest BCUT2D eigenvalue weighted by Gasteiger charge is 2.16. The van der Waals surface area contributed by atoms with Crippen LogP contribution in [0.5, 0.6) is 0 Å². The Balaban J connectivity index is 2.11. The van der Waals surface area contributed by atoms with E-state index in [1.807, 2.05) is 6.33 Å². The van der Waals surface area contributed by atoms with E-state index in [2.05, 4.69) is 29.1 Å². The smallest absolute Gasteiger partial charge is 0.0951 e. The number of imidazole rings is 1. The Bertz CT molecular complexity index is 315. The third-order valence-electron chi connectivity index (χ3n) is 3.40. The first kappa shape index (κ1) is 11.1. The molecule has 1 atom stereocenters. The molecule has 1 aliphatic rings. The number of hydrogen-bond donors (Lipinski definition) is 1. The normalized spacial score (nSPS) is 17.5. The third kappa shape index (κ3) is 2.39. The van der Waals surface area contributed by atoms with Crippen LogP contribution in [-0.2, 0) is 19.4 Å². The fraction of sp³-hybridized carbons (Fsp3) is 0.750. The van der Waals surface area contributed by atoms with E-state index < -0.39 is 0 Å². The molecule has 0 N–H and O–H groups in total. The molecule has 84 valence electrons. The molecule has 0 saturated heterocycles. The lowest BCUT2D eigenvalue weighted by Crippen LogP contribution is -2.15. The van der Waals surface area contributed by atoms with Crippen molar-refractivity contribution in [2.24, 2.45) is 5.92 Å². The van der Waals surface area contributed by atoms with Crippen LogP contribution in [0.4, 0.5) is 0 Å². The summed E-state index contributed by atoms with van der Waals surface area (Å²) in [5, 5.41) is 0. The minimum absolute atomic E-state index is 0.688. The van der Waals surface area contributed by atoms with Gasteiger partial charge in [0.15, 0.2) is 0 Å². The zero-order valence-electron chi connectivity index (χ0n) is 9.45. The second kappa shape index (κ2) is 5.06. The molecule has 0 spiro atoms. The van der Waals surface area contributed by atoms with Crippen LogP contribution in [0.1, 0.15) is 37.6 Å². The number of thiol groups is 1. The van der Waals surface area contributed by atoms with E-state index in [0.717, 1.165) is 12.3 Å². The Morgan fingerprint density at radius 3 is 3.00 bits per heavy atom. The summed E-state index contributed by atoms with van der Waals surface area (Å²) >= 11 is 4.40. The van der Waals surface area contributed by atoms with Crippen molar-refractivity contribution in [2.45, 2.75) is 45.6 Å². The molecule has 1 unspecified atom stereocenters. The predicted molar refractivity (Wildman–Crippen MR) is 66.5 cm³/mol. The largest absolute Gasteiger partial charge is 0.334 e. The average molecular weight is 224 g/mol. The summed E-state index contributed by atoms with van der Waals surface area (Å²) in [6.45, 7) is 3.34. The van der Waals surface area contributed by atoms with Crippen molar-refractivity contribution in [2.75, 3.05) is 5.75 Å². The maximum absolute atomic E-state index is 4.52. The molecule has 0 bridgehead atoms. The Morgan fingerprint density at radius 2 is 2.27 bits per heavy atom. The highest BCUT2D eigenvalue weighted by molar-refractivity contribution is 7.80. The molecule has 3 heteroatoms. The zero-order chi connectivity index (χ0) is 10.7. The van der Waals surface area contributed by atoms with E-state index in [9.17, 15) is 0 Å². The standard InChI is InChI=1S/C12H20N2S/c1-2-10(8-15)7-14-9-13-11-5-3-4-6-12(11)14/h9-10,15H,2-8H2,1H3. The van der Waals surface area contributed by atoms with Gasteiger partial charge in [0.2, 0.25) is 0 Å². The summed E-state index contributed by atoms with van der Waals surface area (Å²) in [5.74, 6) is 1.66. The summed E-state index contributed by atoms with van der Waals surface area (Å²) in [7, 11) is 0. The second-order valence-corrected chi connectivity index (χ2v) is 4.82. The average Bonchev–Trinajstić information content (AvgIpc) is 2.69. The van der Waals surface area contributed by atoms with E-state index in [1.54, 1.807) is 0 Å². The Labute approximate surface area is 97.5 Å². The summed E-state index contributed by atoms with van der Waals surface area (Å²) in [4.78, 5) is 4.52. The highest BCUT2D eigenvalue weighted by atomic mass is 32.1. The van der Waals surface area contributed by atoms with Crippen LogP contribution < -0.4 is 0 Å². The fourth-order valence-corrected chi connectivity index (χ4v) is 2.66. The lowest BCUT2D eigenvalue weighted by atomic mass is 10.0. The molecule has 2 nitrogen and oxygen atoms in total. The summed E-state index contributed by atoms with van der Waals surface area (Å²) in [5.41, 5.74) is 2.83. The van der Waals surface area contributed by atoms with E-state index >= 15 is 0 Å². The molecule has 1 heterocycles. The van der Waals surface area contributed by atoms with Crippen molar-refractivity contribution in [3.05, 3.63) is 17.7 Å². The van der Waals surface area contributed by atoms with Gasteiger partial charge in [-0.1, -0.05) is 13.3 Å². The van der Waals surface area contributed by atoms with Gasteiger partial charge in [0.05, 0.1) is 12.0 Å². The molecule has 15 heavy (non-hydrogen) atoms. The first-order chi connectivity index (χ1) is 7.35. The first-order valence-corrected chi connectivity index (χ1v) is 6.62. The van der Waals surface area contributed by atoms with Crippen LogP contribution in [0.3, 0.4) is 0 Å². The van der Waals surface area contributed by atoms with E-state index in [0.29, 0.717) is 5.92 Å². The van der Waals surface area contributed by atoms with Gasteiger partial charge in [-0.25, -0.2) is 4.98 Å². The van der Waals surface area contributed by atoms with Crippen LogP contribution in [-0.4, -0.2) is 15.3 Å². The van der Waals surface area contributed by atoms with Gasteiger partial charge in [-0.2, -0.15) is 12.6 Å². The molecular formula is C12H20N2S. The van der Waals surface area contributed by atoms with E-state index in [4.69, 9.17) is 0 Å². The van der Waals surface area contributed by atoms with Gasteiger partial charge < -0.3 is 4.57 Å². The van der Waals surface area contributed by atoms with Gasteiger partial charge in [0, 0.05) is 12.2 Å². The van der Waals surface area contributed by atoms with Crippen LogP contribution in [0.15, 0.2) is 6.33 Å². The number of aromatic nitrogens is 2. The third-order valence-corrected chi connectivity index (χ3v) is 3.92. The molecule has 0 saturated carbocycles. The summed E-state index contributed by atoms with van der Waals surface area (Å²) in [6.07, 6.45) is 8.28. The monoisotopic (exact) mass is 224 g/mol. The van der Waals surface area contributed by atoms with Crippen molar-refractivity contribution in [1.82, 2.24) is 9.55 Å². The van der Waals surface area contributed by atoms with Crippen LogP contribution in [0.2, 0.25) is 0 Å². The molecular weight excluding hydrogens is 204 g/mol. The number of fused-ring (bicyclic) bond motifs is 1. The number of aryl methyl sites for hydroxylation is 1. The van der Waals surface area contributed by atoms with Crippen molar-refractivity contribution in [3.8, 4) is 0 Å². The van der Waals surface area contributed by atoms with Crippen molar-refractivity contribution < 1.29 is 0 Å². The van der Waals surface area contributed by atoms with Gasteiger partial charge in [-0.15, -0.1) is 0 Å². The minimum atomic E-state index is 0.688. The van der Waals surface area contributed by atoms with E-state index in [-0.39, 0.29) is 0 Å². The number of rotatable bonds is 4. The van der Waals surface area contributed by atoms with Crippen molar-refractivity contribution >= 4 is 12.6 Å². The predicted octanol–water partition coefficient (Wildman–Crippen LogP) is 2.72. The lowest BCUT2D eigenvalue weighted by molar-refractivity contribution is 0.461. The Morgan fingerprint density at radius 1 is 1.47 bits per heavy atom. The van der Waals surface area contributed by atoms with Crippen LogP contribution in [0.25, 0.3) is 0 Å². The first-order valence-electron chi connectivity index (χ1n) is 5.99. The molecule has 0 fully saturated rings. The van der Waals surface area contributed by atoms with Gasteiger partial charge >= 0.3 is 0 Å². The van der Waals surface area contributed by atoms with Crippen molar-refractivity contribution in [3.63, 3.8) is 0 Å². The molecule has 0 aliphatic heterocycles. The molecule has 1 aromatic heterocycles. The van der Waals surface area contributed by atoms with Crippen molar-refractivity contribution in [1.29, 1.82) is 0 Å². The summed E-state index contributed by atoms with van der Waals surface area (Å²) < 4.78 is 2.36. The molecule has 0 amide bonds. The highest BCUT2D eigenvalue weighted by Crippen LogP contribution is 2.21. The Hall–Kier alpha value is -0.440. The second-order valence-electron chi connectivity index (χ2n) is 4.45. The van der Waals surface area contributed by atoms with E-state index in [1.165, 1.54) is 43.5 Å². The van der Waals surface area contributed by atoms with Crippen LogP contribution in [0, 0.1) is 5.92 Å². The lowest BCUT2D eigenvalue weighted by Gasteiger charge is -2.17. The van der Waals surface area contributed by atoms with Crippen LogP contribution >= 0.6 is 12.6 Å². The zero-order valence-corrected chi connectivity index (χ0v) is 10.3. The van der Waals surface area contributed by atoms with Gasteiger partial charge in [-0.05, 0) is 37.4 Å². The quantitative estimate of drug-likeness (QED) is 0.779. The number of nitrogens with zero attached hydrogens (tertiary/aromatic N) is 2. The number of hydrogen-bond acceptors (Lipinski definition) is 2. The molecule has 0 radical (unpaired) electrons.